The first-order chi connectivity index (χ1) is 8.13. The van der Waals surface area contributed by atoms with Gasteiger partial charge in [0.2, 0.25) is 0 Å². The molecule has 1 saturated heterocycles. The van der Waals surface area contributed by atoms with Crippen LogP contribution in [0.4, 0.5) is 0 Å². The molecule has 1 aliphatic heterocycles. The molecule has 1 aromatic rings. The number of carbonyl (C=O) groups is 1. The molecular formula is C13H20N2O2. The number of hydrogen-bond donors (Lipinski definition) is 1. The Morgan fingerprint density at radius 2 is 2.35 bits per heavy atom. The fraction of sp³-hybridized carbons (Fsp3) is 0.615. The highest BCUT2D eigenvalue weighted by molar-refractivity contribution is 5.96. The van der Waals surface area contributed by atoms with Crippen molar-refractivity contribution in [1.29, 1.82) is 0 Å². The van der Waals surface area contributed by atoms with Crippen molar-refractivity contribution in [2.24, 2.45) is 13.0 Å². The van der Waals surface area contributed by atoms with Crippen LogP contribution in [0.1, 0.15) is 23.8 Å². The van der Waals surface area contributed by atoms with Gasteiger partial charge in [-0.2, -0.15) is 0 Å². The van der Waals surface area contributed by atoms with E-state index in [0.717, 1.165) is 18.7 Å². The third-order valence-electron chi connectivity index (χ3n) is 3.76. The minimum atomic E-state index is 0.130. The summed E-state index contributed by atoms with van der Waals surface area (Å²) in [5.74, 6) is 0.603. The number of aromatic nitrogens is 1. The number of rotatable bonds is 4. The zero-order chi connectivity index (χ0) is 12.4. The van der Waals surface area contributed by atoms with Crippen LogP contribution in [0.15, 0.2) is 18.3 Å². The minimum absolute atomic E-state index is 0.130. The molecule has 2 heterocycles. The lowest BCUT2D eigenvalue weighted by molar-refractivity contribution is 0.0858. The number of aliphatic hydroxyl groups excluding tert-OH is 1. The number of aliphatic hydroxyl groups is 1. The summed E-state index contributed by atoms with van der Waals surface area (Å²) in [6.07, 6.45) is 2.94. The molecule has 0 aliphatic carbocycles. The highest BCUT2D eigenvalue weighted by atomic mass is 16.3. The quantitative estimate of drug-likeness (QED) is 0.790. The number of hydrogen-bond acceptors (Lipinski definition) is 3. The average Bonchev–Trinajstić information content (AvgIpc) is 2.85. The van der Waals surface area contributed by atoms with Gasteiger partial charge in [0.25, 0.3) is 0 Å². The van der Waals surface area contributed by atoms with Crippen LogP contribution in [-0.4, -0.2) is 46.1 Å². The zero-order valence-corrected chi connectivity index (χ0v) is 10.5. The Labute approximate surface area is 102 Å². The van der Waals surface area contributed by atoms with E-state index in [0.29, 0.717) is 12.5 Å². The van der Waals surface area contributed by atoms with Crippen LogP contribution in [0.25, 0.3) is 0 Å². The standard InChI is InChI=1S/C13H20N2O2/c1-10-5-7-15(12(10)9-16)8-13(17)11-4-3-6-14(11)2/h3-4,6,10,12,16H,5,7-9H2,1-2H3. The molecule has 0 amide bonds. The lowest BCUT2D eigenvalue weighted by Gasteiger charge is -2.24. The number of nitrogens with zero attached hydrogens (tertiary/aromatic N) is 2. The van der Waals surface area contributed by atoms with Crippen molar-refractivity contribution in [2.75, 3.05) is 19.7 Å². The Balaban J connectivity index is 2.02. The maximum atomic E-state index is 12.1. The summed E-state index contributed by atoms with van der Waals surface area (Å²) < 4.78 is 1.84. The molecule has 1 N–H and O–H groups in total. The molecule has 4 heteroatoms. The topological polar surface area (TPSA) is 45.5 Å². The van der Waals surface area contributed by atoms with Gasteiger partial charge in [-0.25, -0.2) is 0 Å². The smallest absolute Gasteiger partial charge is 0.193 e. The number of ketones is 1. The third-order valence-corrected chi connectivity index (χ3v) is 3.76. The summed E-state index contributed by atoms with van der Waals surface area (Å²) in [7, 11) is 1.88. The van der Waals surface area contributed by atoms with Crippen LogP contribution >= 0.6 is 0 Å². The first-order valence-corrected chi connectivity index (χ1v) is 6.13. The van der Waals surface area contributed by atoms with Crippen LogP contribution in [0.2, 0.25) is 0 Å². The molecule has 0 bridgehead atoms. The Morgan fingerprint density at radius 3 is 2.94 bits per heavy atom. The van der Waals surface area contributed by atoms with E-state index >= 15 is 0 Å². The number of carbonyl (C=O) groups excluding carboxylic acids is 1. The van der Waals surface area contributed by atoms with Gasteiger partial charge < -0.3 is 9.67 Å². The summed E-state index contributed by atoms with van der Waals surface area (Å²) in [6.45, 7) is 3.59. The molecule has 4 nitrogen and oxygen atoms in total. The van der Waals surface area contributed by atoms with Crippen molar-refractivity contribution < 1.29 is 9.90 Å². The molecule has 0 aromatic carbocycles. The van der Waals surface area contributed by atoms with Gasteiger partial charge in [-0.05, 0) is 31.0 Å². The maximum absolute atomic E-state index is 12.1. The summed E-state index contributed by atoms with van der Waals surface area (Å²) >= 11 is 0. The molecule has 1 fully saturated rings. The van der Waals surface area contributed by atoms with E-state index in [1.807, 2.05) is 29.9 Å². The fourth-order valence-corrected chi connectivity index (χ4v) is 2.60. The molecule has 0 radical (unpaired) electrons. The van der Waals surface area contributed by atoms with Crippen molar-refractivity contribution in [1.82, 2.24) is 9.47 Å². The van der Waals surface area contributed by atoms with Gasteiger partial charge in [0.15, 0.2) is 5.78 Å². The minimum Gasteiger partial charge on any atom is -0.395 e. The molecule has 0 saturated carbocycles. The molecular weight excluding hydrogens is 216 g/mol. The van der Waals surface area contributed by atoms with E-state index in [-0.39, 0.29) is 18.4 Å². The number of Topliss-reactive ketones (excluding diaryl/α,β-unsaturated/α-hetero) is 1. The Bertz CT molecular complexity index is 400. The predicted molar refractivity (Wildman–Crippen MR) is 66.0 cm³/mol. The molecule has 2 rings (SSSR count). The molecule has 17 heavy (non-hydrogen) atoms. The van der Waals surface area contributed by atoms with E-state index in [1.165, 1.54) is 0 Å². The zero-order valence-electron chi connectivity index (χ0n) is 10.5. The van der Waals surface area contributed by atoms with Crippen molar-refractivity contribution >= 4 is 5.78 Å². The van der Waals surface area contributed by atoms with E-state index in [1.54, 1.807) is 0 Å². The summed E-state index contributed by atoms with van der Waals surface area (Å²) in [6, 6.07) is 3.86. The molecule has 2 unspecified atom stereocenters. The predicted octanol–water partition coefficient (Wildman–Crippen LogP) is 0.911. The van der Waals surface area contributed by atoms with Gasteiger partial charge in [0.1, 0.15) is 0 Å². The van der Waals surface area contributed by atoms with Crippen LogP contribution in [-0.2, 0) is 7.05 Å². The first kappa shape index (κ1) is 12.3. The van der Waals surface area contributed by atoms with Crippen molar-refractivity contribution in [2.45, 2.75) is 19.4 Å². The van der Waals surface area contributed by atoms with Crippen LogP contribution < -0.4 is 0 Å². The second kappa shape index (κ2) is 5.02. The largest absolute Gasteiger partial charge is 0.395 e. The highest BCUT2D eigenvalue weighted by Gasteiger charge is 2.31. The first-order valence-electron chi connectivity index (χ1n) is 6.13. The highest BCUT2D eigenvalue weighted by Crippen LogP contribution is 2.23. The Morgan fingerprint density at radius 1 is 1.59 bits per heavy atom. The summed E-state index contributed by atoms with van der Waals surface area (Å²) in [5.41, 5.74) is 0.737. The van der Waals surface area contributed by atoms with E-state index in [2.05, 4.69) is 11.8 Å². The van der Waals surface area contributed by atoms with Crippen molar-refractivity contribution in [3.63, 3.8) is 0 Å². The molecule has 1 aliphatic rings. The van der Waals surface area contributed by atoms with Crippen molar-refractivity contribution in [3.05, 3.63) is 24.0 Å². The summed E-state index contributed by atoms with van der Waals surface area (Å²) in [4.78, 5) is 14.2. The molecule has 94 valence electrons. The lowest BCUT2D eigenvalue weighted by atomic mass is 10.0. The fourth-order valence-electron chi connectivity index (χ4n) is 2.60. The van der Waals surface area contributed by atoms with Crippen LogP contribution in [0.3, 0.4) is 0 Å². The van der Waals surface area contributed by atoms with Gasteiger partial charge in [-0.3, -0.25) is 9.69 Å². The second-order valence-electron chi connectivity index (χ2n) is 4.91. The SMILES string of the molecule is CC1CCN(CC(=O)c2cccn2C)C1CO. The molecule has 0 spiro atoms. The Hall–Kier alpha value is -1.13. The van der Waals surface area contributed by atoms with E-state index in [4.69, 9.17) is 0 Å². The third kappa shape index (κ3) is 2.42. The normalized spacial score (nSPS) is 25.4. The lowest BCUT2D eigenvalue weighted by Crippen LogP contribution is -2.39. The average molecular weight is 236 g/mol. The second-order valence-corrected chi connectivity index (χ2v) is 4.91. The number of likely N-dealkylation sites (tertiary alicyclic amines) is 1. The summed E-state index contributed by atoms with van der Waals surface area (Å²) in [5, 5.41) is 9.35. The van der Waals surface area contributed by atoms with Crippen LogP contribution in [0.5, 0.6) is 0 Å². The number of aryl methyl sites for hydroxylation is 1. The van der Waals surface area contributed by atoms with Gasteiger partial charge in [-0.1, -0.05) is 6.92 Å². The van der Waals surface area contributed by atoms with Gasteiger partial charge in [0.05, 0.1) is 18.8 Å². The van der Waals surface area contributed by atoms with E-state index in [9.17, 15) is 9.90 Å². The van der Waals surface area contributed by atoms with E-state index < -0.39 is 0 Å². The maximum Gasteiger partial charge on any atom is 0.193 e. The molecule has 1 aromatic heterocycles. The van der Waals surface area contributed by atoms with Gasteiger partial charge in [-0.15, -0.1) is 0 Å². The van der Waals surface area contributed by atoms with Gasteiger partial charge in [0, 0.05) is 19.3 Å². The van der Waals surface area contributed by atoms with Gasteiger partial charge >= 0.3 is 0 Å². The molecule has 2 atom stereocenters. The Kier molecular flexibility index (Phi) is 3.64. The van der Waals surface area contributed by atoms with Crippen LogP contribution in [0, 0.1) is 5.92 Å². The van der Waals surface area contributed by atoms with Crippen molar-refractivity contribution in [3.8, 4) is 0 Å². The monoisotopic (exact) mass is 236 g/mol.